The number of hydrogen-bond donors (Lipinski definition) is 2. The Morgan fingerprint density at radius 1 is 1.11 bits per heavy atom. The third-order valence-corrected chi connectivity index (χ3v) is 5.25. The van der Waals surface area contributed by atoms with Crippen molar-refractivity contribution in [3.05, 3.63) is 68.4 Å². The molecule has 1 aromatic heterocycles. The summed E-state index contributed by atoms with van der Waals surface area (Å²) in [7, 11) is 0. The number of aromatic nitrogens is 3. The first-order valence-electron chi connectivity index (χ1n) is 8.06. The zero-order chi connectivity index (χ0) is 20.3. The van der Waals surface area contributed by atoms with Crippen LogP contribution in [0.4, 0.5) is 11.4 Å². The van der Waals surface area contributed by atoms with Gasteiger partial charge in [0.15, 0.2) is 5.69 Å². The van der Waals surface area contributed by atoms with Gasteiger partial charge < -0.3 is 10.6 Å². The SMILES string of the molecule is Cc1c(C(=O)Nc2ccc(Cl)c(Cl)c2)nnn1CC(=O)Nc1ccccc1Br. The normalized spacial score (nSPS) is 10.6. The molecular weight excluding hydrogens is 469 g/mol. The summed E-state index contributed by atoms with van der Waals surface area (Å²) in [5, 5.41) is 13.9. The van der Waals surface area contributed by atoms with Gasteiger partial charge in [-0.05, 0) is 53.2 Å². The first kappa shape index (κ1) is 20.3. The van der Waals surface area contributed by atoms with Crippen LogP contribution in [0.2, 0.25) is 10.0 Å². The lowest BCUT2D eigenvalue weighted by molar-refractivity contribution is -0.117. The van der Waals surface area contributed by atoms with Crippen LogP contribution in [0.1, 0.15) is 16.2 Å². The van der Waals surface area contributed by atoms with Crippen LogP contribution in [0.5, 0.6) is 0 Å². The fourth-order valence-corrected chi connectivity index (χ4v) is 3.05. The maximum Gasteiger partial charge on any atom is 0.278 e. The van der Waals surface area contributed by atoms with Crippen LogP contribution in [0, 0.1) is 6.92 Å². The Morgan fingerprint density at radius 2 is 1.86 bits per heavy atom. The number of para-hydroxylation sites is 1. The van der Waals surface area contributed by atoms with Crippen molar-refractivity contribution in [2.24, 2.45) is 0 Å². The molecule has 0 atom stereocenters. The summed E-state index contributed by atoms with van der Waals surface area (Å²) >= 11 is 15.2. The van der Waals surface area contributed by atoms with Crippen molar-refractivity contribution in [2.75, 3.05) is 10.6 Å². The van der Waals surface area contributed by atoms with Gasteiger partial charge in [0, 0.05) is 10.2 Å². The average molecular weight is 483 g/mol. The Labute approximate surface area is 179 Å². The van der Waals surface area contributed by atoms with Crippen molar-refractivity contribution in [2.45, 2.75) is 13.5 Å². The molecule has 0 fully saturated rings. The number of hydrogen-bond acceptors (Lipinski definition) is 4. The summed E-state index contributed by atoms with van der Waals surface area (Å²) in [6, 6.07) is 12.0. The molecule has 0 aliphatic rings. The zero-order valence-electron chi connectivity index (χ0n) is 14.5. The molecule has 1 heterocycles. The van der Waals surface area contributed by atoms with Crippen molar-refractivity contribution in [1.82, 2.24) is 15.0 Å². The number of halogens is 3. The fraction of sp³-hybridized carbons (Fsp3) is 0.111. The van der Waals surface area contributed by atoms with Gasteiger partial charge >= 0.3 is 0 Å². The second-order valence-corrected chi connectivity index (χ2v) is 7.46. The quantitative estimate of drug-likeness (QED) is 0.558. The molecule has 2 amide bonds. The van der Waals surface area contributed by atoms with Gasteiger partial charge in [0.2, 0.25) is 5.91 Å². The van der Waals surface area contributed by atoms with Gasteiger partial charge in [-0.2, -0.15) is 0 Å². The van der Waals surface area contributed by atoms with E-state index in [9.17, 15) is 9.59 Å². The predicted octanol–water partition coefficient (Wildman–Crippen LogP) is 4.55. The highest BCUT2D eigenvalue weighted by atomic mass is 79.9. The van der Waals surface area contributed by atoms with E-state index < -0.39 is 5.91 Å². The Hall–Kier alpha value is -2.42. The molecule has 3 aromatic rings. The van der Waals surface area contributed by atoms with Crippen molar-refractivity contribution >= 4 is 62.3 Å². The fourth-order valence-electron chi connectivity index (χ4n) is 2.37. The van der Waals surface area contributed by atoms with Gasteiger partial charge in [0.25, 0.3) is 5.91 Å². The van der Waals surface area contributed by atoms with Crippen molar-refractivity contribution in [3.63, 3.8) is 0 Å². The molecule has 2 N–H and O–H groups in total. The van der Waals surface area contributed by atoms with Gasteiger partial charge in [-0.1, -0.05) is 40.5 Å². The average Bonchev–Trinajstić information content (AvgIpc) is 3.01. The molecule has 0 saturated heterocycles. The van der Waals surface area contributed by atoms with E-state index in [0.717, 1.165) is 4.47 Å². The van der Waals surface area contributed by atoms with Crippen LogP contribution in [0.3, 0.4) is 0 Å². The lowest BCUT2D eigenvalue weighted by Gasteiger charge is -2.08. The van der Waals surface area contributed by atoms with Crippen LogP contribution >= 0.6 is 39.1 Å². The second kappa shape index (κ2) is 8.72. The predicted molar refractivity (Wildman–Crippen MR) is 112 cm³/mol. The minimum Gasteiger partial charge on any atom is -0.323 e. The number of nitrogens with one attached hydrogen (secondary N) is 2. The van der Waals surface area contributed by atoms with Gasteiger partial charge in [-0.3, -0.25) is 9.59 Å². The first-order chi connectivity index (χ1) is 13.3. The number of carbonyl (C=O) groups is 2. The van der Waals surface area contributed by atoms with E-state index in [0.29, 0.717) is 27.1 Å². The smallest absolute Gasteiger partial charge is 0.278 e. The molecule has 0 spiro atoms. The maximum atomic E-state index is 12.5. The molecule has 3 rings (SSSR count). The molecule has 0 bridgehead atoms. The van der Waals surface area contributed by atoms with Crippen LogP contribution in [-0.2, 0) is 11.3 Å². The molecule has 10 heteroatoms. The van der Waals surface area contributed by atoms with Crippen LogP contribution in [-0.4, -0.2) is 26.8 Å². The molecule has 2 aromatic carbocycles. The van der Waals surface area contributed by atoms with Gasteiger partial charge in [-0.15, -0.1) is 5.10 Å². The number of amides is 2. The molecule has 144 valence electrons. The number of nitrogens with zero attached hydrogens (tertiary/aromatic N) is 3. The zero-order valence-corrected chi connectivity index (χ0v) is 17.6. The minimum absolute atomic E-state index is 0.0831. The van der Waals surface area contributed by atoms with E-state index in [1.165, 1.54) is 10.7 Å². The number of carbonyl (C=O) groups excluding carboxylic acids is 2. The monoisotopic (exact) mass is 481 g/mol. The van der Waals surface area contributed by atoms with Gasteiger partial charge in [0.1, 0.15) is 6.54 Å². The lowest BCUT2D eigenvalue weighted by Crippen LogP contribution is -2.21. The maximum absolute atomic E-state index is 12.5. The van der Waals surface area contributed by atoms with E-state index in [1.54, 1.807) is 25.1 Å². The number of anilines is 2. The summed E-state index contributed by atoms with van der Waals surface area (Å²) in [6.07, 6.45) is 0. The van der Waals surface area contributed by atoms with E-state index in [-0.39, 0.29) is 18.1 Å². The Balaban J connectivity index is 1.69. The third-order valence-electron chi connectivity index (χ3n) is 3.82. The number of benzene rings is 2. The van der Waals surface area contributed by atoms with Crippen molar-refractivity contribution < 1.29 is 9.59 Å². The van der Waals surface area contributed by atoms with Gasteiger partial charge in [0.05, 0.1) is 21.4 Å². The molecule has 28 heavy (non-hydrogen) atoms. The Bertz CT molecular complexity index is 1050. The van der Waals surface area contributed by atoms with Crippen LogP contribution in [0.15, 0.2) is 46.9 Å². The van der Waals surface area contributed by atoms with Gasteiger partial charge in [-0.25, -0.2) is 4.68 Å². The van der Waals surface area contributed by atoms with E-state index in [4.69, 9.17) is 23.2 Å². The number of rotatable bonds is 5. The molecule has 0 unspecified atom stereocenters. The van der Waals surface area contributed by atoms with Crippen LogP contribution in [0.25, 0.3) is 0 Å². The molecule has 0 aliphatic carbocycles. The highest BCUT2D eigenvalue weighted by molar-refractivity contribution is 9.10. The Morgan fingerprint density at radius 3 is 2.57 bits per heavy atom. The molecule has 0 aliphatic heterocycles. The summed E-state index contributed by atoms with van der Waals surface area (Å²) in [5.41, 5.74) is 1.68. The highest BCUT2D eigenvalue weighted by Gasteiger charge is 2.18. The molecule has 7 nitrogen and oxygen atoms in total. The van der Waals surface area contributed by atoms with Crippen molar-refractivity contribution in [1.29, 1.82) is 0 Å². The lowest BCUT2D eigenvalue weighted by atomic mass is 10.2. The van der Waals surface area contributed by atoms with E-state index >= 15 is 0 Å². The molecule has 0 radical (unpaired) electrons. The topological polar surface area (TPSA) is 88.9 Å². The summed E-state index contributed by atoms with van der Waals surface area (Å²) in [6.45, 7) is 1.58. The van der Waals surface area contributed by atoms with Crippen molar-refractivity contribution in [3.8, 4) is 0 Å². The minimum atomic E-state index is -0.464. The largest absolute Gasteiger partial charge is 0.323 e. The summed E-state index contributed by atoms with van der Waals surface area (Å²) in [4.78, 5) is 24.7. The third kappa shape index (κ3) is 4.70. The second-order valence-electron chi connectivity index (χ2n) is 5.79. The molecular formula is C18H14BrCl2N5O2. The van der Waals surface area contributed by atoms with Crippen LogP contribution < -0.4 is 10.6 Å². The Kier molecular flexibility index (Phi) is 6.33. The molecule has 0 saturated carbocycles. The van der Waals surface area contributed by atoms with E-state index in [2.05, 4.69) is 36.9 Å². The standard InChI is InChI=1S/C18H14BrCl2N5O2/c1-10-17(18(28)22-11-6-7-13(20)14(21)8-11)24-25-26(10)9-16(27)23-15-5-3-2-4-12(15)19/h2-8H,9H2,1H3,(H,22,28)(H,23,27). The summed E-state index contributed by atoms with van der Waals surface area (Å²) in [5.74, 6) is -0.760. The summed E-state index contributed by atoms with van der Waals surface area (Å²) < 4.78 is 2.12. The highest BCUT2D eigenvalue weighted by Crippen LogP contribution is 2.25. The van der Waals surface area contributed by atoms with E-state index in [1.807, 2.05) is 18.2 Å². The first-order valence-corrected chi connectivity index (χ1v) is 9.61.